The lowest BCUT2D eigenvalue weighted by Gasteiger charge is -2.31. The molecule has 2 aliphatic rings. The Hall–Kier alpha value is -2.43. The van der Waals surface area contributed by atoms with Gasteiger partial charge < -0.3 is 10.6 Å². The number of piperidine rings is 1. The van der Waals surface area contributed by atoms with Gasteiger partial charge in [-0.3, -0.25) is 9.59 Å². The molecule has 1 atom stereocenters. The van der Waals surface area contributed by atoms with Crippen molar-refractivity contribution < 1.29 is 22.4 Å². The van der Waals surface area contributed by atoms with Crippen LogP contribution in [0, 0.1) is 11.7 Å². The summed E-state index contributed by atoms with van der Waals surface area (Å²) in [5, 5.41) is 5.21. The van der Waals surface area contributed by atoms with E-state index >= 15 is 0 Å². The van der Waals surface area contributed by atoms with Crippen LogP contribution in [0.1, 0.15) is 19.8 Å². The molecule has 31 heavy (non-hydrogen) atoms. The Balaban J connectivity index is 1.42. The van der Waals surface area contributed by atoms with Gasteiger partial charge in [-0.25, -0.2) is 12.8 Å². The van der Waals surface area contributed by atoms with E-state index in [-0.39, 0.29) is 41.0 Å². The Labute approximate surface area is 184 Å². The van der Waals surface area contributed by atoms with Crippen molar-refractivity contribution >= 4 is 45.0 Å². The van der Waals surface area contributed by atoms with Crippen LogP contribution in [0.15, 0.2) is 52.3 Å². The van der Waals surface area contributed by atoms with Crippen molar-refractivity contribution in [2.75, 3.05) is 23.7 Å². The van der Waals surface area contributed by atoms with Crippen LogP contribution in [0.2, 0.25) is 0 Å². The van der Waals surface area contributed by atoms with Crippen LogP contribution in [-0.4, -0.2) is 42.9 Å². The van der Waals surface area contributed by atoms with Gasteiger partial charge in [0.25, 0.3) is 0 Å². The topological polar surface area (TPSA) is 95.6 Å². The lowest BCUT2D eigenvalue weighted by Crippen LogP contribution is -2.41. The minimum absolute atomic E-state index is 0.115. The fourth-order valence-electron chi connectivity index (χ4n) is 3.67. The highest BCUT2D eigenvalue weighted by Gasteiger charge is 2.33. The molecule has 2 aromatic carbocycles. The number of nitrogens with one attached hydrogen (secondary N) is 2. The van der Waals surface area contributed by atoms with Gasteiger partial charge in [0, 0.05) is 29.6 Å². The predicted molar refractivity (Wildman–Crippen MR) is 117 cm³/mol. The van der Waals surface area contributed by atoms with Crippen molar-refractivity contribution in [1.82, 2.24) is 4.31 Å². The molecule has 0 saturated carbocycles. The number of thioether (sulfide) groups is 1. The van der Waals surface area contributed by atoms with Crippen molar-refractivity contribution in [2.24, 2.45) is 5.92 Å². The molecular weight excluding hydrogens is 441 g/mol. The molecule has 1 unspecified atom stereocenters. The number of fused-ring (bicyclic) bond motifs is 1. The second-order valence-corrected chi connectivity index (χ2v) is 10.9. The van der Waals surface area contributed by atoms with Crippen LogP contribution in [0.3, 0.4) is 0 Å². The van der Waals surface area contributed by atoms with E-state index in [4.69, 9.17) is 0 Å². The number of amides is 2. The van der Waals surface area contributed by atoms with Gasteiger partial charge in [-0.05, 0) is 56.2 Å². The number of halogens is 1. The Kier molecular flexibility index (Phi) is 6.05. The summed E-state index contributed by atoms with van der Waals surface area (Å²) >= 11 is 1.39. The number of hydrogen-bond donors (Lipinski definition) is 2. The Morgan fingerprint density at radius 3 is 2.65 bits per heavy atom. The maximum Gasteiger partial charge on any atom is 0.243 e. The summed E-state index contributed by atoms with van der Waals surface area (Å²) in [6.45, 7) is 2.21. The number of anilines is 2. The Bertz CT molecular complexity index is 1130. The van der Waals surface area contributed by atoms with Crippen molar-refractivity contribution in [1.29, 1.82) is 0 Å². The minimum Gasteiger partial charge on any atom is -0.326 e. The van der Waals surface area contributed by atoms with Gasteiger partial charge in [-0.15, -0.1) is 11.8 Å². The van der Waals surface area contributed by atoms with E-state index in [2.05, 4.69) is 10.6 Å². The van der Waals surface area contributed by atoms with Crippen LogP contribution in [0.4, 0.5) is 15.8 Å². The molecule has 0 bridgehead atoms. The molecule has 4 rings (SSSR count). The third-order valence-corrected chi connectivity index (χ3v) is 8.51. The zero-order chi connectivity index (χ0) is 22.2. The molecule has 0 radical (unpaired) electrons. The van der Waals surface area contributed by atoms with Crippen molar-refractivity contribution in [3.8, 4) is 0 Å². The molecule has 164 valence electrons. The average molecular weight is 464 g/mol. The summed E-state index contributed by atoms with van der Waals surface area (Å²) in [7, 11) is -3.75. The summed E-state index contributed by atoms with van der Waals surface area (Å²) in [4.78, 5) is 25.3. The molecule has 10 heteroatoms. The van der Waals surface area contributed by atoms with Crippen molar-refractivity contribution in [3.63, 3.8) is 0 Å². The molecule has 2 amide bonds. The zero-order valence-electron chi connectivity index (χ0n) is 16.8. The molecule has 2 aromatic rings. The first-order valence-corrected chi connectivity index (χ1v) is 12.2. The predicted octanol–water partition coefficient (Wildman–Crippen LogP) is 3.30. The number of sulfonamides is 1. The average Bonchev–Trinajstić information content (AvgIpc) is 2.74. The van der Waals surface area contributed by atoms with E-state index in [9.17, 15) is 22.4 Å². The summed E-state index contributed by atoms with van der Waals surface area (Å²) in [6.07, 6.45) is 0.741. The number of carbonyl (C=O) groups excluding carboxylic acids is 2. The number of rotatable bonds is 4. The summed E-state index contributed by atoms with van der Waals surface area (Å²) in [5.74, 6) is -1.19. The molecular formula is C21H22FN3O4S2. The fraction of sp³-hybridized carbons (Fsp3) is 0.333. The fourth-order valence-corrected chi connectivity index (χ4v) is 6.09. The first-order chi connectivity index (χ1) is 14.7. The largest absolute Gasteiger partial charge is 0.326 e. The van der Waals surface area contributed by atoms with Crippen LogP contribution >= 0.6 is 11.8 Å². The van der Waals surface area contributed by atoms with Gasteiger partial charge in [0.1, 0.15) is 5.82 Å². The second-order valence-electron chi connectivity index (χ2n) is 7.59. The van der Waals surface area contributed by atoms with Crippen LogP contribution in [0.25, 0.3) is 0 Å². The van der Waals surface area contributed by atoms with Gasteiger partial charge in [-0.1, -0.05) is 6.07 Å². The Morgan fingerprint density at radius 2 is 1.94 bits per heavy atom. The molecule has 2 heterocycles. The third kappa shape index (κ3) is 4.60. The highest BCUT2D eigenvalue weighted by molar-refractivity contribution is 8.01. The first-order valence-electron chi connectivity index (χ1n) is 9.92. The number of carbonyl (C=O) groups is 2. The maximum atomic E-state index is 13.3. The maximum absolute atomic E-state index is 13.3. The van der Waals surface area contributed by atoms with E-state index in [1.54, 1.807) is 25.1 Å². The smallest absolute Gasteiger partial charge is 0.243 e. The van der Waals surface area contributed by atoms with Gasteiger partial charge in [-0.2, -0.15) is 4.31 Å². The van der Waals surface area contributed by atoms with E-state index in [0.29, 0.717) is 24.2 Å². The first kappa shape index (κ1) is 21.8. The van der Waals surface area contributed by atoms with Gasteiger partial charge in [0.2, 0.25) is 21.8 Å². The highest BCUT2D eigenvalue weighted by atomic mass is 32.2. The van der Waals surface area contributed by atoms with Gasteiger partial charge >= 0.3 is 0 Å². The normalized spacial score (nSPS) is 20.1. The minimum atomic E-state index is -3.75. The monoisotopic (exact) mass is 463 g/mol. The van der Waals surface area contributed by atoms with Crippen LogP contribution in [0.5, 0.6) is 0 Å². The molecule has 1 saturated heterocycles. The molecule has 2 N–H and O–H groups in total. The highest BCUT2D eigenvalue weighted by Crippen LogP contribution is 2.37. The lowest BCUT2D eigenvalue weighted by molar-refractivity contribution is -0.121. The summed E-state index contributed by atoms with van der Waals surface area (Å²) in [5.41, 5.74) is 0.877. The van der Waals surface area contributed by atoms with Crippen LogP contribution < -0.4 is 10.6 Å². The number of hydrogen-bond acceptors (Lipinski definition) is 5. The number of benzene rings is 2. The Morgan fingerprint density at radius 1 is 1.19 bits per heavy atom. The third-order valence-electron chi connectivity index (χ3n) is 5.44. The van der Waals surface area contributed by atoms with E-state index in [0.717, 1.165) is 4.90 Å². The SMILES string of the molecule is CC1Sc2ccc(S(=O)(=O)N3CCC(C(=O)Nc4cccc(F)c4)CC3)cc2NC1=O. The molecule has 1 fully saturated rings. The second kappa shape index (κ2) is 8.60. The quantitative estimate of drug-likeness (QED) is 0.726. The summed E-state index contributed by atoms with van der Waals surface area (Å²) in [6, 6.07) is 10.4. The van der Waals surface area contributed by atoms with E-state index in [1.165, 1.54) is 40.3 Å². The number of nitrogens with zero attached hydrogens (tertiary/aromatic N) is 1. The lowest BCUT2D eigenvalue weighted by atomic mass is 9.97. The standard InChI is InChI=1S/C21H22FN3O4S2/c1-13-20(26)24-18-12-17(5-6-19(18)30-13)31(28,29)25-9-7-14(8-10-25)21(27)23-16-4-2-3-15(22)11-16/h2-6,11-14H,7-10H2,1H3,(H,23,27)(H,24,26). The van der Waals surface area contributed by atoms with E-state index < -0.39 is 15.8 Å². The van der Waals surface area contributed by atoms with Gasteiger partial charge in [0.15, 0.2) is 0 Å². The molecule has 0 aliphatic carbocycles. The molecule has 7 nitrogen and oxygen atoms in total. The zero-order valence-corrected chi connectivity index (χ0v) is 18.4. The van der Waals surface area contributed by atoms with Crippen molar-refractivity contribution in [2.45, 2.75) is 34.8 Å². The van der Waals surface area contributed by atoms with Gasteiger partial charge in [0.05, 0.1) is 15.8 Å². The van der Waals surface area contributed by atoms with E-state index in [1.807, 2.05) is 0 Å². The summed E-state index contributed by atoms with van der Waals surface area (Å²) < 4.78 is 40.8. The molecule has 2 aliphatic heterocycles. The van der Waals surface area contributed by atoms with Crippen molar-refractivity contribution in [3.05, 3.63) is 48.3 Å². The van der Waals surface area contributed by atoms with Crippen LogP contribution in [-0.2, 0) is 19.6 Å². The molecule has 0 spiro atoms. The molecule has 0 aromatic heterocycles.